The topological polar surface area (TPSA) is 55.6 Å². The van der Waals surface area contributed by atoms with E-state index < -0.39 is 0 Å². The van der Waals surface area contributed by atoms with Gasteiger partial charge in [-0.3, -0.25) is 0 Å². The second-order valence-electron chi connectivity index (χ2n) is 3.85. The van der Waals surface area contributed by atoms with E-state index in [0.29, 0.717) is 16.6 Å². The predicted octanol–water partition coefficient (Wildman–Crippen LogP) is 2.40. The molecule has 8 heteroatoms. The molecule has 0 aliphatic heterocycles. The quantitative estimate of drug-likeness (QED) is 0.655. The maximum atomic E-state index is 6.08. The van der Waals surface area contributed by atoms with E-state index in [-0.39, 0.29) is 0 Å². The second kappa shape index (κ2) is 7.09. The van der Waals surface area contributed by atoms with Crippen molar-refractivity contribution in [2.45, 2.75) is 11.7 Å². The Balaban J connectivity index is 1.71. The molecule has 0 unspecified atom stereocenters. The molecule has 1 aromatic carbocycles. The summed E-state index contributed by atoms with van der Waals surface area (Å²) in [5.74, 6) is 0.888. The van der Waals surface area contributed by atoms with Crippen LogP contribution in [0.5, 0.6) is 0 Å². The van der Waals surface area contributed by atoms with Crippen molar-refractivity contribution in [1.29, 1.82) is 0 Å². The van der Waals surface area contributed by atoms with Crippen LogP contribution >= 0.6 is 35.0 Å². The molecule has 102 valence electrons. The third-order valence-electron chi connectivity index (χ3n) is 2.42. The summed E-state index contributed by atoms with van der Waals surface area (Å²) in [5.41, 5.74) is 1.04. The average Bonchev–Trinajstić information content (AvgIpc) is 2.77. The normalized spacial score (nSPS) is 10.9. The first-order chi connectivity index (χ1) is 9.16. The number of rotatable bonds is 6. The Hall–Kier alpha value is -0.820. The summed E-state index contributed by atoms with van der Waals surface area (Å²) in [6, 6.07) is 5.52. The first-order valence-corrected chi connectivity index (χ1v) is 7.41. The summed E-state index contributed by atoms with van der Waals surface area (Å²) in [6.07, 6.45) is 0. The molecule has 0 radical (unpaired) electrons. The van der Waals surface area contributed by atoms with E-state index in [0.717, 1.165) is 23.0 Å². The first kappa shape index (κ1) is 14.6. The zero-order chi connectivity index (χ0) is 13.7. The molecule has 5 nitrogen and oxygen atoms in total. The van der Waals surface area contributed by atoms with Gasteiger partial charge in [0.1, 0.15) is 0 Å². The lowest BCUT2D eigenvalue weighted by Gasteiger charge is -2.06. The highest BCUT2D eigenvalue weighted by Gasteiger charge is 2.03. The van der Waals surface area contributed by atoms with Crippen molar-refractivity contribution in [3.63, 3.8) is 0 Å². The lowest BCUT2D eigenvalue weighted by atomic mass is 10.2. The molecule has 1 N–H and O–H groups in total. The molecule has 0 saturated carbocycles. The van der Waals surface area contributed by atoms with E-state index in [1.165, 1.54) is 0 Å². The lowest BCUT2D eigenvalue weighted by Crippen LogP contribution is -2.17. The monoisotopic (exact) mass is 317 g/mol. The number of hydrogen-bond donors (Lipinski definition) is 1. The number of thioether (sulfide) groups is 1. The highest BCUT2D eigenvalue weighted by molar-refractivity contribution is 7.99. The smallest absolute Gasteiger partial charge is 0.209 e. The van der Waals surface area contributed by atoms with Crippen LogP contribution in [0.15, 0.2) is 23.4 Å². The molecule has 0 atom stereocenters. The summed E-state index contributed by atoms with van der Waals surface area (Å²) < 4.78 is 1.65. The van der Waals surface area contributed by atoms with Crippen molar-refractivity contribution in [1.82, 2.24) is 25.5 Å². The van der Waals surface area contributed by atoms with Gasteiger partial charge >= 0.3 is 0 Å². The third-order valence-corrected chi connectivity index (χ3v) is 4.02. The number of nitrogens with zero attached hydrogens (tertiary/aromatic N) is 4. The van der Waals surface area contributed by atoms with E-state index in [1.807, 2.05) is 19.2 Å². The number of aromatic nitrogens is 4. The minimum Gasteiger partial charge on any atom is -0.312 e. The molecule has 19 heavy (non-hydrogen) atoms. The van der Waals surface area contributed by atoms with Crippen LogP contribution < -0.4 is 5.32 Å². The molecular formula is C11H13Cl2N5S. The van der Waals surface area contributed by atoms with Crippen molar-refractivity contribution in [2.24, 2.45) is 7.05 Å². The number of benzene rings is 1. The summed E-state index contributed by atoms with van der Waals surface area (Å²) in [7, 11) is 1.82. The first-order valence-electron chi connectivity index (χ1n) is 5.66. The molecule has 0 spiro atoms. The van der Waals surface area contributed by atoms with Crippen LogP contribution in [0.4, 0.5) is 0 Å². The SMILES string of the molecule is Cn1nnnc1SCCNCc1ccc(Cl)cc1Cl. The summed E-state index contributed by atoms with van der Waals surface area (Å²) in [6.45, 7) is 1.56. The largest absolute Gasteiger partial charge is 0.312 e. The van der Waals surface area contributed by atoms with Crippen LogP contribution in [0.1, 0.15) is 5.56 Å². The number of aryl methyl sites for hydroxylation is 1. The summed E-state index contributed by atoms with van der Waals surface area (Å²) >= 11 is 13.5. The van der Waals surface area contributed by atoms with Crippen molar-refractivity contribution in [2.75, 3.05) is 12.3 Å². The summed E-state index contributed by atoms with van der Waals surface area (Å²) in [4.78, 5) is 0. The predicted molar refractivity (Wildman–Crippen MR) is 77.7 cm³/mol. The molecular weight excluding hydrogens is 305 g/mol. The Morgan fingerprint density at radius 1 is 1.37 bits per heavy atom. The minimum absolute atomic E-state index is 0.652. The van der Waals surface area contributed by atoms with E-state index in [1.54, 1.807) is 22.5 Å². The molecule has 1 aromatic heterocycles. The number of tetrazole rings is 1. The number of hydrogen-bond acceptors (Lipinski definition) is 5. The van der Waals surface area contributed by atoms with Gasteiger partial charge in [0.2, 0.25) is 5.16 Å². The van der Waals surface area contributed by atoms with Gasteiger partial charge < -0.3 is 5.32 Å². The Labute approximate surface area is 125 Å². The highest BCUT2D eigenvalue weighted by Crippen LogP contribution is 2.20. The highest BCUT2D eigenvalue weighted by atomic mass is 35.5. The van der Waals surface area contributed by atoms with Crippen LogP contribution in [-0.4, -0.2) is 32.5 Å². The van der Waals surface area contributed by atoms with Crippen molar-refractivity contribution >= 4 is 35.0 Å². The van der Waals surface area contributed by atoms with Crippen LogP contribution in [0.3, 0.4) is 0 Å². The van der Waals surface area contributed by atoms with Crippen LogP contribution in [0.2, 0.25) is 10.0 Å². The fraction of sp³-hybridized carbons (Fsp3) is 0.364. The van der Waals surface area contributed by atoms with E-state index in [2.05, 4.69) is 20.8 Å². The fourth-order valence-electron chi connectivity index (χ4n) is 1.45. The Morgan fingerprint density at radius 3 is 2.89 bits per heavy atom. The van der Waals surface area contributed by atoms with Crippen molar-refractivity contribution in [3.05, 3.63) is 33.8 Å². The van der Waals surface area contributed by atoms with Crippen molar-refractivity contribution < 1.29 is 0 Å². The summed E-state index contributed by atoms with van der Waals surface area (Å²) in [5, 5.41) is 16.7. The van der Waals surface area contributed by atoms with Gasteiger partial charge in [0.15, 0.2) is 0 Å². The van der Waals surface area contributed by atoms with Crippen LogP contribution in [0, 0.1) is 0 Å². The van der Waals surface area contributed by atoms with Gasteiger partial charge in [0.25, 0.3) is 0 Å². The van der Waals surface area contributed by atoms with E-state index >= 15 is 0 Å². The molecule has 0 aliphatic carbocycles. The van der Waals surface area contributed by atoms with Gasteiger partial charge in [-0.1, -0.05) is 41.0 Å². The standard InChI is InChI=1S/C11H13Cl2N5S/c1-18-11(15-16-17-18)19-5-4-14-7-8-2-3-9(12)6-10(8)13/h2-3,6,14H,4-5,7H2,1H3. The second-order valence-corrected chi connectivity index (χ2v) is 5.75. The van der Waals surface area contributed by atoms with Crippen molar-refractivity contribution in [3.8, 4) is 0 Å². The molecule has 0 aliphatic rings. The lowest BCUT2D eigenvalue weighted by molar-refractivity contribution is 0.663. The van der Waals surface area contributed by atoms with E-state index in [4.69, 9.17) is 23.2 Å². The zero-order valence-electron chi connectivity index (χ0n) is 10.3. The molecule has 2 rings (SSSR count). The Morgan fingerprint density at radius 2 is 2.21 bits per heavy atom. The fourth-order valence-corrected chi connectivity index (χ4v) is 2.67. The molecule has 0 fully saturated rings. The van der Waals surface area contributed by atoms with Crippen LogP contribution in [-0.2, 0) is 13.6 Å². The average molecular weight is 318 g/mol. The van der Waals surface area contributed by atoms with E-state index in [9.17, 15) is 0 Å². The van der Waals surface area contributed by atoms with Gasteiger partial charge in [0.05, 0.1) is 0 Å². The maximum Gasteiger partial charge on any atom is 0.209 e. The van der Waals surface area contributed by atoms with Crippen LogP contribution in [0.25, 0.3) is 0 Å². The zero-order valence-corrected chi connectivity index (χ0v) is 12.6. The molecule has 0 amide bonds. The molecule has 0 saturated heterocycles. The minimum atomic E-state index is 0.652. The number of halogens is 2. The molecule has 2 aromatic rings. The molecule has 0 bridgehead atoms. The van der Waals surface area contributed by atoms with Gasteiger partial charge in [-0.05, 0) is 28.1 Å². The molecule has 1 heterocycles. The van der Waals surface area contributed by atoms with Gasteiger partial charge in [0, 0.05) is 35.9 Å². The van der Waals surface area contributed by atoms with Gasteiger partial charge in [-0.2, -0.15) is 0 Å². The third kappa shape index (κ3) is 4.35. The van der Waals surface area contributed by atoms with Gasteiger partial charge in [-0.25, -0.2) is 4.68 Å². The Kier molecular flexibility index (Phi) is 5.45. The maximum absolute atomic E-state index is 6.08. The number of nitrogens with one attached hydrogen (secondary N) is 1. The van der Waals surface area contributed by atoms with Gasteiger partial charge in [-0.15, -0.1) is 5.10 Å². The Bertz CT molecular complexity index is 546.